The summed E-state index contributed by atoms with van der Waals surface area (Å²) in [7, 11) is 1.62. The van der Waals surface area contributed by atoms with Gasteiger partial charge in [0.2, 0.25) is 0 Å². The Hall–Kier alpha value is -3.41. The molecule has 0 fully saturated rings. The van der Waals surface area contributed by atoms with Crippen LogP contribution in [0.2, 0.25) is 0 Å². The van der Waals surface area contributed by atoms with Crippen molar-refractivity contribution in [1.29, 1.82) is 0 Å². The molecule has 0 radical (unpaired) electrons. The quantitative estimate of drug-likeness (QED) is 0.550. The maximum Gasteiger partial charge on any atom is 0.165 e. The van der Waals surface area contributed by atoms with E-state index < -0.39 is 0 Å². The van der Waals surface area contributed by atoms with Crippen molar-refractivity contribution in [3.05, 3.63) is 65.9 Å². The van der Waals surface area contributed by atoms with E-state index in [1.54, 1.807) is 37.6 Å². The molecule has 1 heterocycles. The van der Waals surface area contributed by atoms with E-state index >= 15 is 0 Å². The number of aryl methyl sites for hydroxylation is 1. The number of aromatic hydroxyl groups is 1. The molecule has 1 aromatic heterocycles. The summed E-state index contributed by atoms with van der Waals surface area (Å²) in [6.45, 7) is 1.86. The Kier molecular flexibility index (Phi) is 4.89. The lowest BCUT2D eigenvalue weighted by molar-refractivity contribution is 0.414. The lowest BCUT2D eigenvalue weighted by Crippen LogP contribution is -1.99. The van der Waals surface area contributed by atoms with Gasteiger partial charge >= 0.3 is 0 Å². The lowest BCUT2D eigenvalue weighted by Gasteiger charge is -2.07. The van der Waals surface area contributed by atoms with Crippen molar-refractivity contribution in [2.24, 2.45) is 5.10 Å². The second kappa shape index (κ2) is 7.44. The van der Waals surface area contributed by atoms with Gasteiger partial charge in [0, 0.05) is 17.3 Å². The second-order valence-corrected chi connectivity index (χ2v) is 5.35. The summed E-state index contributed by atoms with van der Waals surface area (Å²) in [5.41, 5.74) is 5.09. The first-order valence-electron chi connectivity index (χ1n) is 7.73. The number of benzene rings is 2. The van der Waals surface area contributed by atoms with E-state index in [-0.39, 0.29) is 5.75 Å². The number of methoxy groups -OCH3 is 1. The van der Waals surface area contributed by atoms with Gasteiger partial charge in [-0.05, 0) is 31.2 Å². The molecule has 0 atom stereocenters. The lowest BCUT2D eigenvalue weighted by atomic mass is 10.2. The number of phenols is 1. The van der Waals surface area contributed by atoms with Gasteiger partial charge in [-0.2, -0.15) is 5.10 Å². The van der Waals surface area contributed by atoms with E-state index in [0.717, 1.165) is 17.0 Å². The highest BCUT2D eigenvalue weighted by Gasteiger charge is 2.08. The molecule has 0 amide bonds. The third-order valence-corrected chi connectivity index (χ3v) is 3.52. The molecule has 0 spiro atoms. The standard InChI is InChI=1S/C19H18N4O2/c1-13-11-18(22-19(21-13)15-8-4-5-9-16(15)24)23-20-12-14-7-3-6-10-17(14)25-2/h3-12,24H,1-2H3,(H,21,22,23)/b20-12+. The number of anilines is 1. The summed E-state index contributed by atoms with van der Waals surface area (Å²) < 4.78 is 5.28. The van der Waals surface area contributed by atoms with E-state index in [2.05, 4.69) is 20.5 Å². The Morgan fingerprint density at radius 3 is 2.64 bits per heavy atom. The molecule has 126 valence electrons. The molecule has 25 heavy (non-hydrogen) atoms. The molecule has 0 aliphatic rings. The molecule has 0 aliphatic heterocycles. The predicted octanol–water partition coefficient (Wildman–Crippen LogP) is 3.61. The molecule has 0 bridgehead atoms. The zero-order valence-electron chi connectivity index (χ0n) is 14.0. The molecule has 0 unspecified atom stereocenters. The normalized spacial score (nSPS) is 10.8. The van der Waals surface area contributed by atoms with Crippen LogP contribution in [-0.2, 0) is 0 Å². The van der Waals surface area contributed by atoms with E-state index in [1.165, 1.54) is 0 Å². The van der Waals surface area contributed by atoms with Crippen LogP contribution in [0.1, 0.15) is 11.3 Å². The Labute approximate surface area is 145 Å². The number of nitrogens with one attached hydrogen (secondary N) is 1. The fourth-order valence-corrected chi connectivity index (χ4v) is 2.35. The minimum absolute atomic E-state index is 0.136. The van der Waals surface area contributed by atoms with Gasteiger partial charge in [-0.15, -0.1) is 0 Å². The van der Waals surface area contributed by atoms with Crippen LogP contribution >= 0.6 is 0 Å². The van der Waals surface area contributed by atoms with Crippen LogP contribution in [0.15, 0.2) is 59.7 Å². The number of ether oxygens (including phenoxy) is 1. The first kappa shape index (κ1) is 16.4. The van der Waals surface area contributed by atoms with Crippen molar-refractivity contribution in [1.82, 2.24) is 9.97 Å². The molecule has 6 nitrogen and oxygen atoms in total. The van der Waals surface area contributed by atoms with Crippen molar-refractivity contribution in [2.75, 3.05) is 12.5 Å². The van der Waals surface area contributed by atoms with Crippen molar-refractivity contribution >= 4 is 12.0 Å². The van der Waals surface area contributed by atoms with Gasteiger partial charge in [0.25, 0.3) is 0 Å². The summed E-state index contributed by atoms with van der Waals surface area (Å²) in [6, 6.07) is 16.3. The van der Waals surface area contributed by atoms with Gasteiger partial charge in [-0.1, -0.05) is 24.3 Å². The minimum Gasteiger partial charge on any atom is -0.507 e. The van der Waals surface area contributed by atoms with Gasteiger partial charge in [-0.25, -0.2) is 9.97 Å². The largest absolute Gasteiger partial charge is 0.507 e. The Morgan fingerprint density at radius 1 is 1.08 bits per heavy atom. The molecular formula is C19H18N4O2. The van der Waals surface area contributed by atoms with Crippen LogP contribution in [0.25, 0.3) is 11.4 Å². The van der Waals surface area contributed by atoms with Crippen molar-refractivity contribution in [3.63, 3.8) is 0 Å². The molecular weight excluding hydrogens is 316 g/mol. The van der Waals surface area contributed by atoms with Crippen molar-refractivity contribution in [2.45, 2.75) is 6.92 Å². The summed E-state index contributed by atoms with van der Waals surface area (Å²) in [4.78, 5) is 8.79. The number of hydrogen-bond donors (Lipinski definition) is 2. The fourth-order valence-electron chi connectivity index (χ4n) is 2.35. The van der Waals surface area contributed by atoms with E-state index in [4.69, 9.17) is 4.74 Å². The van der Waals surface area contributed by atoms with Crippen LogP contribution < -0.4 is 10.2 Å². The molecule has 0 aliphatic carbocycles. The van der Waals surface area contributed by atoms with Gasteiger partial charge in [0.1, 0.15) is 11.5 Å². The first-order valence-corrected chi connectivity index (χ1v) is 7.73. The maximum atomic E-state index is 9.98. The number of rotatable bonds is 5. The summed E-state index contributed by atoms with van der Waals surface area (Å²) >= 11 is 0. The summed E-state index contributed by atoms with van der Waals surface area (Å²) in [5.74, 6) is 1.85. The first-order chi connectivity index (χ1) is 12.2. The van der Waals surface area contributed by atoms with Gasteiger partial charge < -0.3 is 9.84 Å². The molecule has 2 N–H and O–H groups in total. The van der Waals surface area contributed by atoms with Crippen LogP contribution in [0.3, 0.4) is 0 Å². The van der Waals surface area contributed by atoms with Crippen LogP contribution in [0.4, 0.5) is 5.82 Å². The van der Waals surface area contributed by atoms with Crippen molar-refractivity contribution < 1.29 is 9.84 Å². The van der Waals surface area contributed by atoms with Gasteiger partial charge in [-0.3, -0.25) is 5.43 Å². The average Bonchev–Trinajstić information content (AvgIpc) is 2.62. The van der Waals surface area contributed by atoms with Gasteiger partial charge in [0.15, 0.2) is 11.6 Å². The fraction of sp³-hybridized carbons (Fsp3) is 0.105. The number of hydrazone groups is 1. The molecule has 2 aromatic carbocycles. The van der Waals surface area contributed by atoms with Crippen molar-refractivity contribution in [3.8, 4) is 22.9 Å². The topological polar surface area (TPSA) is 79.6 Å². The molecule has 0 saturated heterocycles. The van der Waals surface area contributed by atoms with Gasteiger partial charge in [0.05, 0.1) is 18.9 Å². The number of aromatic nitrogens is 2. The third-order valence-electron chi connectivity index (χ3n) is 3.52. The highest BCUT2D eigenvalue weighted by molar-refractivity contribution is 5.83. The number of hydrogen-bond acceptors (Lipinski definition) is 6. The highest BCUT2D eigenvalue weighted by atomic mass is 16.5. The van der Waals surface area contributed by atoms with E-state index in [0.29, 0.717) is 17.2 Å². The van der Waals surface area contributed by atoms with E-state index in [1.807, 2.05) is 37.3 Å². The maximum absolute atomic E-state index is 9.98. The number of nitrogens with zero attached hydrogens (tertiary/aromatic N) is 3. The summed E-state index contributed by atoms with van der Waals surface area (Å²) in [5, 5.41) is 14.2. The number of para-hydroxylation sites is 2. The smallest absolute Gasteiger partial charge is 0.165 e. The second-order valence-electron chi connectivity index (χ2n) is 5.35. The monoisotopic (exact) mass is 334 g/mol. The van der Waals surface area contributed by atoms with Crippen LogP contribution in [-0.4, -0.2) is 28.4 Å². The minimum atomic E-state index is 0.136. The zero-order chi connectivity index (χ0) is 17.6. The third kappa shape index (κ3) is 3.92. The Morgan fingerprint density at radius 2 is 1.84 bits per heavy atom. The summed E-state index contributed by atoms with van der Waals surface area (Å²) in [6.07, 6.45) is 1.66. The van der Waals surface area contributed by atoms with E-state index in [9.17, 15) is 5.11 Å². The average molecular weight is 334 g/mol. The van der Waals surface area contributed by atoms with Crippen LogP contribution in [0.5, 0.6) is 11.5 Å². The number of phenolic OH excluding ortho intramolecular Hbond substituents is 1. The molecule has 3 rings (SSSR count). The highest BCUT2D eigenvalue weighted by Crippen LogP contribution is 2.26. The SMILES string of the molecule is COc1ccccc1/C=N/Nc1cc(C)nc(-c2ccccc2O)n1. The molecule has 0 saturated carbocycles. The molecule has 3 aromatic rings. The predicted molar refractivity (Wildman–Crippen MR) is 98.1 cm³/mol. The molecule has 6 heteroatoms. The van der Waals surface area contributed by atoms with Crippen LogP contribution in [0, 0.1) is 6.92 Å². The Bertz CT molecular complexity index is 909. The Balaban J connectivity index is 1.84. The zero-order valence-corrected chi connectivity index (χ0v) is 14.0.